The molecule has 3 N–H and O–H groups in total. The minimum absolute atomic E-state index is 0.147. The van der Waals surface area contributed by atoms with Crippen LogP contribution in [-0.2, 0) is 32.1 Å². The van der Waals surface area contributed by atoms with Gasteiger partial charge in [0.05, 0.1) is 6.26 Å². The molecule has 0 heterocycles. The lowest BCUT2D eigenvalue weighted by Crippen LogP contribution is -2.32. The molecule has 0 aliphatic heterocycles. The van der Waals surface area contributed by atoms with E-state index in [2.05, 4.69) is 56.3 Å². The summed E-state index contributed by atoms with van der Waals surface area (Å²) in [6.07, 6.45) is 2.71. The van der Waals surface area contributed by atoms with Crippen molar-refractivity contribution in [3.63, 3.8) is 0 Å². The SMILES string of the molecule is C[S+](CCC(N)C(=O)O)Cc1cc(CBr)cc(CBr)c1. The number of hydrogen-bond donors (Lipinski definition) is 2. The Bertz CT molecular complexity index is 435. The summed E-state index contributed by atoms with van der Waals surface area (Å²) in [5.41, 5.74) is 9.40. The van der Waals surface area contributed by atoms with Crippen molar-refractivity contribution in [2.45, 2.75) is 28.9 Å². The van der Waals surface area contributed by atoms with Gasteiger partial charge in [-0.05, 0) is 22.0 Å². The van der Waals surface area contributed by atoms with E-state index < -0.39 is 12.0 Å². The Labute approximate surface area is 139 Å². The summed E-state index contributed by atoms with van der Waals surface area (Å²) in [5, 5.41) is 10.5. The van der Waals surface area contributed by atoms with E-state index in [4.69, 9.17) is 10.8 Å². The smallest absolute Gasteiger partial charge is 0.320 e. The fourth-order valence-electron chi connectivity index (χ4n) is 1.89. The molecule has 0 fully saturated rings. The van der Waals surface area contributed by atoms with Gasteiger partial charge in [0.1, 0.15) is 17.5 Å². The molecule has 2 unspecified atom stereocenters. The number of carboxylic acids is 1. The summed E-state index contributed by atoms with van der Waals surface area (Å²) < 4.78 is 0. The molecule has 0 saturated heterocycles. The van der Waals surface area contributed by atoms with Gasteiger partial charge < -0.3 is 10.8 Å². The minimum atomic E-state index is -0.912. The van der Waals surface area contributed by atoms with Crippen molar-refractivity contribution in [1.29, 1.82) is 0 Å². The summed E-state index contributed by atoms with van der Waals surface area (Å²) in [6, 6.07) is 5.86. The van der Waals surface area contributed by atoms with E-state index in [0.29, 0.717) is 6.42 Å². The summed E-state index contributed by atoms with van der Waals surface area (Å²) in [5.74, 6) is 0.924. The van der Waals surface area contributed by atoms with Crippen LogP contribution in [0.5, 0.6) is 0 Å². The predicted molar refractivity (Wildman–Crippen MR) is 93.8 cm³/mol. The van der Waals surface area contributed by atoms with E-state index >= 15 is 0 Å². The van der Waals surface area contributed by atoms with Crippen LogP contribution in [0.4, 0.5) is 0 Å². The predicted octanol–water partition coefficient (Wildman–Crippen LogP) is 3.03. The van der Waals surface area contributed by atoms with Crippen LogP contribution in [0.15, 0.2) is 18.2 Å². The molecule has 3 nitrogen and oxygen atoms in total. The van der Waals surface area contributed by atoms with Gasteiger partial charge in [0, 0.05) is 22.6 Å². The molecule has 1 aromatic rings. The lowest BCUT2D eigenvalue weighted by Gasteiger charge is -2.09. The van der Waals surface area contributed by atoms with Crippen LogP contribution in [-0.4, -0.2) is 29.1 Å². The van der Waals surface area contributed by atoms with Gasteiger partial charge >= 0.3 is 5.97 Å². The topological polar surface area (TPSA) is 63.3 Å². The fraction of sp³-hybridized carbons (Fsp3) is 0.500. The first-order valence-corrected chi connectivity index (χ1v) is 10.5. The van der Waals surface area contributed by atoms with Crippen LogP contribution in [0.25, 0.3) is 0 Å². The zero-order valence-electron chi connectivity index (χ0n) is 11.4. The van der Waals surface area contributed by atoms with E-state index in [1.54, 1.807) is 0 Å². The first-order chi connectivity index (χ1) is 9.46. The summed E-state index contributed by atoms with van der Waals surface area (Å²) >= 11 is 6.98. The Morgan fingerprint density at radius 1 is 1.25 bits per heavy atom. The molecule has 0 aromatic heterocycles. The van der Waals surface area contributed by atoms with Gasteiger partial charge in [-0.15, -0.1) is 0 Å². The first kappa shape index (κ1) is 18.0. The molecule has 0 aliphatic carbocycles. The van der Waals surface area contributed by atoms with Gasteiger partial charge in [-0.3, -0.25) is 4.79 Å². The molecular weight excluding hydrogens is 406 g/mol. The molecule has 1 aromatic carbocycles. The average Bonchev–Trinajstić information content (AvgIpc) is 2.43. The highest BCUT2D eigenvalue weighted by Crippen LogP contribution is 2.18. The second kappa shape index (κ2) is 9.07. The zero-order chi connectivity index (χ0) is 15.1. The summed E-state index contributed by atoms with van der Waals surface area (Å²) in [7, 11) is 0.147. The number of benzene rings is 1. The molecule has 20 heavy (non-hydrogen) atoms. The van der Waals surface area contributed by atoms with E-state index in [0.717, 1.165) is 22.2 Å². The quantitative estimate of drug-likeness (QED) is 0.497. The Balaban J connectivity index is 2.61. The second-order valence-corrected chi connectivity index (χ2v) is 8.17. The highest BCUT2D eigenvalue weighted by molar-refractivity contribution is 9.08. The number of nitrogens with two attached hydrogens (primary N) is 1. The monoisotopic (exact) mass is 424 g/mol. The number of aliphatic carboxylic acids is 1. The van der Waals surface area contributed by atoms with Gasteiger partial charge in [0.2, 0.25) is 0 Å². The van der Waals surface area contributed by atoms with Crippen LogP contribution in [0.2, 0.25) is 0 Å². The molecule has 1 rings (SSSR count). The van der Waals surface area contributed by atoms with Gasteiger partial charge in [-0.1, -0.05) is 50.1 Å². The van der Waals surface area contributed by atoms with Crippen LogP contribution >= 0.6 is 31.9 Å². The fourth-order valence-corrected chi connectivity index (χ4v) is 4.07. The molecule has 0 bridgehead atoms. The zero-order valence-corrected chi connectivity index (χ0v) is 15.4. The average molecular weight is 426 g/mol. The molecular formula is C14H20Br2NO2S+. The highest BCUT2D eigenvalue weighted by Gasteiger charge is 2.18. The highest BCUT2D eigenvalue weighted by atomic mass is 79.9. The third-order valence-corrected chi connectivity index (χ3v) is 5.98. The molecule has 0 amide bonds. The van der Waals surface area contributed by atoms with Crippen LogP contribution in [0.1, 0.15) is 23.1 Å². The summed E-state index contributed by atoms with van der Waals surface area (Å²) in [4.78, 5) is 10.7. The van der Waals surface area contributed by atoms with Crippen LogP contribution in [0, 0.1) is 0 Å². The van der Waals surface area contributed by atoms with Gasteiger partial charge in [-0.2, -0.15) is 0 Å². The molecule has 0 spiro atoms. The van der Waals surface area contributed by atoms with Crippen molar-refractivity contribution in [3.05, 3.63) is 34.9 Å². The molecule has 6 heteroatoms. The Morgan fingerprint density at radius 3 is 2.20 bits per heavy atom. The number of halogens is 2. The van der Waals surface area contributed by atoms with Gasteiger partial charge in [0.25, 0.3) is 0 Å². The summed E-state index contributed by atoms with van der Waals surface area (Å²) in [6.45, 7) is 0. The number of carboxylic acid groups (broad SMARTS) is 1. The number of hydrogen-bond acceptors (Lipinski definition) is 2. The number of carbonyl (C=O) groups is 1. The third kappa shape index (κ3) is 6.16. The molecule has 112 valence electrons. The largest absolute Gasteiger partial charge is 0.480 e. The van der Waals surface area contributed by atoms with E-state index in [1.807, 2.05) is 0 Å². The molecule has 0 aliphatic rings. The maximum Gasteiger partial charge on any atom is 0.320 e. The third-order valence-electron chi connectivity index (χ3n) is 2.93. The van der Waals surface area contributed by atoms with Crippen molar-refractivity contribution in [3.8, 4) is 0 Å². The van der Waals surface area contributed by atoms with E-state index in [9.17, 15) is 4.79 Å². The van der Waals surface area contributed by atoms with E-state index in [-0.39, 0.29) is 10.9 Å². The number of alkyl halides is 2. The Kier molecular flexibility index (Phi) is 8.17. The maximum absolute atomic E-state index is 10.7. The van der Waals surface area contributed by atoms with Gasteiger partial charge in [0.15, 0.2) is 0 Å². The lowest BCUT2D eigenvalue weighted by molar-refractivity contribution is -0.138. The van der Waals surface area contributed by atoms with Crippen molar-refractivity contribution in [1.82, 2.24) is 0 Å². The second-order valence-electron chi connectivity index (χ2n) is 4.79. The van der Waals surface area contributed by atoms with Gasteiger partial charge in [-0.25, -0.2) is 0 Å². The molecule has 2 atom stereocenters. The standard InChI is InChI=1S/C14H19Br2NO2S/c1-20(3-2-13(17)14(18)19)9-12-5-10(7-15)4-11(6-12)8-16/h4-6,13H,2-3,7-9,17H2,1H3/p+1. The molecule has 0 saturated carbocycles. The minimum Gasteiger partial charge on any atom is -0.480 e. The first-order valence-electron chi connectivity index (χ1n) is 6.27. The lowest BCUT2D eigenvalue weighted by atomic mass is 10.1. The Hall–Kier alpha value is -0.0400. The van der Waals surface area contributed by atoms with Crippen molar-refractivity contribution >= 4 is 48.7 Å². The normalized spacial score (nSPS) is 14.0. The number of rotatable bonds is 8. The Morgan fingerprint density at radius 2 is 1.75 bits per heavy atom. The maximum atomic E-state index is 10.7. The van der Waals surface area contributed by atoms with E-state index in [1.165, 1.54) is 16.7 Å². The van der Waals surface area contributed by atoms with Crippen molar-refractivity contribution in [2.24, 2.45) is 5.73 Å². The molecule has 0 radical (unpaired) electrons. The van der Waals surface area contributed by atoms with Crippen LogP contribution < -0.4 is 5.73 Å². The van der Waals surface area contributed by atoms with Crippen molar-refractivity contribution < 1.29 is 9.90 Å². The van der Waals surface area contributed by atoms with Crippen molar-refractivity contribution in [2.75, 3.05) is 12.0 Å². The van der Waals surface area contributed by atoms with Crippen LogP contribution in [0.3, 0.4) is 0 Å².